The summed E-state index contributed by atoms with van der Waals surface area (Å²) in [6.45, 7) is 4.58. The number of piperidine rings is 1. The third-order valence-corrected chi connectivity index (χ3v) is 5.68. The van der Waals surface area contributed by atoms with E-state index in [2.05, 4.69) is 20.9 Å². The van der Waals surface area contributed by atoms with Crippen LogP contribution in [-0.2, 0) is 20.8 Å². The molecule has 1 saturated heterocycles. The topological polar surface area (TPSA) is 123 Å². The summed E-state index contributed by atoms with van der Waals surface area (Å²) in [7, 11) is 0. The van der Waals surface area contributed by atoms with Crippen LogP contribution in [0.5, 0.6) is 0 Å². The predicted octanol–water partition coefficient (Wildman–Crippen LogP) is 1.95. The van der Waals surface area contributed by atoms with E-state index in [9.17, 15) is 19.5 Å². The molecule has 1 aliphatic rings. The minimum Gasteiger partial charge on any atom is -0.480 e. The van der Waals surface area contributed by atoms with Crippen molar-refractivity contribution in [2.45, 2.75) is 64.1 Å². The average Bonchev–Trinajstić information content (AvgIpc) is 3.16. The lowest BCUT2D eigenvalue weighted by Gasteiger charge is -2.26. The number of para-hydroxylation sites is 1. The van der Waals surface area contributed by atoms with E-state index in [4.69, 9.17) is 0 Å². The van der Waals surface area contributed by atoms with Crippen LogP contribution in [0, 0.1) is 5.92 Å². The Kier molecular flexibility index (Phi) is 7.68. The molecule has 0 aliphatic carbocycles. The molecule has 1 aromatic carbocycles. The third kappa shape index (κ3) is 6.07. The highest BCUT2D eigenvalue weighted by molar-refractivity contribution is 5.93. The van der Waals surface area contributed by atoms with Gasteiger partial charge in [-0.2, -0.15) is 0 Å². The van der Waals surface area contributed by atoms with Crippen molar-refractivity contribution in [3.8, 4) is 0 Å². The van der Waals surface area contributed by atoms with Crippen LogP contribution in [0.4, 0.5) is 0 Å². The summed E-state index contributed by atoms with van der Waals surface area (Å²) in [5.74, 6) is -1.68. The molecule has 8 nitrogen and oxygen atoms in total. The second-order valence-corrected chi connectivity index (χ2v) is 8.66. The maximum Gasteiger partial charge on any atom is 0.326 e. The van der Waals surface area contributed by atoms with E-state index >= 15 is 0 Å². The standard InChI is InChI=1S/C23H32N4O4/c1-14(2)11-20(23(30)31)27-22(29)19(26-21(28)18-9-5-6-10-24-18)12-15-13-25-17-8-4-3-7-16(15)17/h3-4,7-8,13-14,18-20,24-25H,5-6,9-12H2,1-2H3,(H,26,28)(H,27,29)(H,30,31)/t18-,19-,20-/m0/s1. The molecule has 2 aromatic rings. The predicted molar refractivity (Wildman–Crippen MR) is 119 cm³/mol. The Labute approximate surface area is 182 Å². The number of carbonyl (C=O) groups excluding carboxylic acids is 2. The van der Waals surface area contributed by atoms with Crippen molar-refractivity contribution < 1.29 is 19.5 Å². The zero-order valence-electron chi connectivity index (χ0n) is 18.1. The Morgan fingerprint density at radius 1 is 1.13 bits per heavy atom. The van der Waals surface area contributed by atoms with Gasteiger partial charge in [-0.05, 0) is 43.4 Å². The molecule has 1 aliphatic heterocycles. The first-order valence-electron chi connectivity index (χ1n) is 11.0. The van der Waals surface area contributed by atoms with E-state index < -0.39 is 24.0 Å². The molecule has 3 rings (SSSR count). The number of amides is 2. The molecule has 31 heavy (non-hydrogen) atoms. The fourth-order valence-corrected chi connectivity index (χ4v) is 4.04. The Morgan fingerprint density at radius 3 is 2.58 bits per heavy atom. The number of fused-ring (bicyclic) bond motifs is 1. The molecule has 5 N–H and O–H groups in total. The lowest BCUT2D eigenvalue weighted by atomic mass is 10.00. The molecule has 1 fully saturated rings. The highest BCUT2D eigenvalue weighted by atomic mass is 16.4. The fourth-order valence-electron chi connectivity index (χ4n) is 4.04. The summed E-state index contributed by atoms with van der Waals surface area (Å²) in [4.78, 5) is 40.7. The van der Waals surface area contributed by atoms with Crippen LogP contribution in [0.15, 0.2) is 30.5 Å². The molecule has 0 spiro atoms. The Bertz CT molecular complexity index is 917. The molecule has 168 valence electrons. The Balaban J connectivity index is 1.79. The summed E-state index contributed by atoms with van der Waals surface area (Å²) in [6.07, 6.45) is 5.12. The minimum atomic E-state index is -1.08. The molecular formula is C23H32N4O4. The molecule has 0 radical (unpaired) electrons. The number of aliphatic carboxylic acids is 1. The van der Waals surface area contributed by atoms with Crippen molar-refractivity contribution in [1.82, 2.24) is 20.9 Å². The highest BCUT2D eigenvalue weighted by Crippen LogP contribution is 2.19. The zero-order chi connectivity index (χ0) is 22.4. The molecule has 0 unspecified atom stereocenters. The van der Waals surface area contributed by atoms with Crippen LogP contribution in [0.2, 0.25) is 0 Å². The van der Waals surface area contributed by atoms with E-state index in [0.717, 1.165) is 42.3 Å². The van der Waals surface area contributed by atoms with Crippen molar-refractivity contribution in [2.75, 3.05) is 6.54 Å². The first-order valence-corrected chi connectivity index (χ1v) is 11.0. The van der Waals surface area contributed by atoms with Gasteiger partial charge in [0.2, 0.25) is 11.8 Å². The minimum absolute atomic E-state index is 0.106. The SMILES string of the molecule is CC(C)C[C@H](NC(=O)[C@H](Cc1c[nH]c2ccccc12)NC(=O)[C@@H]1CCCCN1)C(=O)O. The van der Waals surface area contributed by atoms with Gasteiger partial charge in [-0.1, -0.05) is 38.5 Å². The van der Waals surface area contributed by atoms with Gasteiger partial charge in [0, 0.05) is 23.5 Å². The van der Waals surface area contributed by atoms with Crippen LogP contribution in [-0.4, -0.2) is 52.5 Å². The van der Waals surface area contributed by atoms with E-state index in [1.165, 1.54) is 0 Å². The number of H-pyrrole nitrogens is 1. The first-order chi connectivity index (χ1) is 14.8. The smallest absolute Gasteiger partial charge is 0.326 e. The third-order valence-electron chi connectivity index (χ3n) is 5.68. The monoisotopic (exact) mass is 428 g/mol. The maximum atomic E-state index is 13.1. The molecule has 2 heterocycles. The van der Waals surface area contributed by atoms with Crippen molar-refractivity contribution in [2.24, 2.45) is 5.92 Å². The second kappa shape index (κ2) is 10.4. The van der Waals surface area contributed by atoms with Gasteiger partial charge in [0.05, 0.1) is 6.04 Å². The Hall–Kier alpha value is -2.87. The van der Waals surface area contributed by atoms with Gasteiger partial charge in [0.1, 0.15) is 12.1 Å². The van der Waals surface area contributed by atoms with Crippen LogP contribution in [0.3, 0.4) is 0 Å². The van der Waals surface area contributed by atoms with Crippen LogP contribution in [0.1, 0.15) is 45.1 Å². The van der Waals surface area contributed by atoms with Gasteiger partial charge in [-0.15, -0.1) is 0 Å². The number of hydrogen-bond donors (Lipinski definition) is 5. The molecular weight excluding hydrogens is 396 g/mol. The van der Waals surface area contributed by atoms with Gasteiger partial charge in [0.25, 0.3) is 0 Å². The number of hydrogen-bond acceptors (Lipinski definition) is 4. The van der Waals surface area contributed by atoms with E-state index in [1.54, 1.807) is 0 Å². The molecule has 0 bridgehead atoms. The summed E-state index contributed by atoms with van der Waals surface area (Å²) >= 11 is 0. The number of carboxylic acids is 1. The Morgan fingerprint density at radius 2 is 1.90 bits per heavy atom. The number of rotatable bonds is 9. The number of aromatic nitrogens is 1. The quantitative estimate of drug-likeness (QED) is 0.418. The van der Waals surface area contributed by atoms with Crippen molar-refractivity contribution in [1.29, 1.82) is 0 Å². The molecule has 8 heteroatoms. The molecule has 0 saturated carbocycles. The fraction of sp³-hybridized carbons (Fsp3) is 0.522. The highest BCUT2D eigenvalue weighted by Gasteiger charge is 2.30. The number of benzene rings is 1. The molecule has 3 atom stereocenters. The average molecular weight is 429 g/mol. The van der Waals surface area contributed by atoms with Crippen LogP contribution in [0.25, 0.3) is 10.9 Å². The summed E-state index contributed by atoms with van der Waals surface area (Å²) < 4.78 is 0. The number of nitrogens with one attached hydrogen (secondary N) is 4. The van der Waals surface area contributed by atoms with Gasteiger partial charge < -0.3 is 26.0 Å². The van der Waals surface area contributed by atoms with Gasteiger partial charge in [-0.3, -0.25) is 9.59 Å². The van der Waals surface area contributed by atoms with Crippen LogP contribution < -0.4 is 16.0 Å². The van der Waals surface area contributed by atoms with Gasteiger partial charge in [0.15, 0.2) is 0 Å². The maximum absolute atomic E-state index is 13.1. The number of aromatic amines is 1. The largest absolute Gasteiger partial charge is 0.480 e. The van der Waals surface area contributed by atoms with Crippen molar-refractivity contribution in [3.63, 3.8) is 0 Å². The van der Waals surface area contributed by atoms with Crippen LogP contribution >= 0.6 is 0 Å². The van der Waals surface area contributed by atoms with E-state index in [0.29, 0.717) is 6.42 Å². The summed E-state index contributed by atoms with van der Waals surface area (Å²) in [6, 6.07) is 5.54. The van der Waals surface area contributed by atoms with Crippen molar-refractivity contribution in [3.05, 3.63) is 36.0 Å². The summed E-state index contributed by atoms with van der Waals surface area (Å²) in [5, 5.41) is 19.2. The van der Waals surface area contributed by atoms with Gasteiger partial charge >= 0.3 is 5.97 Å². The van der Waals surface area contributed by atoms with E-state index in [1.807, 2.05) is 44.3 Å². The number of carboxylic acid groups (broad SMARTS) is 1. The molecule has 1 aromatic heterocycles. The zero-order valence-corrected chi connectivity index (χ0v) is 18.1. The summed E-state index contributed by atoms with van der Waals surface area (Å²) in [5.41, 5.74) is 1.84. The second-order valence-electron chi connectivity index (χ2n) is 8.66. The normalized spacial score (nSPS) is 18.5. The van der Waals surface area contributed by atoms with Gasteiger partial charge in [-0.25, -0.2) is 4.79 Å². The number of carbonyl (C=O) groups is 3. The van der Waals surface area contributed by atoms with E-state index in [-0.39, 0.29) is 24.3 Å². The molecule has 2 amide bonds. The van der Waals surface area contributed by atoms with Crippen molar-refractivity contribution >= 4 is 28.7 Å². The lowest BCUT2D eigenvalue weighted by molar-refractivity contribution is -0.142. The first kappa shape index (κ1) is 22.8. The lowest BCUT2D eigenvalue weighted by Crippen LogP contribution is -2.56.